The number of hydrogen-bond donors (Lipinski definition) is 0. The monoisotopic (exact) mass is 326 g/mol. The molecule has 1 aromatic rings. The van der Waals surface area contributed by atoms with E-state index in [4.69, 9.17) is 0 Å². The van der Waals surface area contributed by atoms with Crippen LogP contribution < -0.4 is 0 Å². The van der Waals surface area contributed by atoms with Crippen molar-refractivity contribution in [1.29, 1.82) is 0 Å². The highest BCUT2D eigenvalue weighted by Gasteiger charge is 2.52. The summed E-state index contributed by atoms with van der Waals surface area (Å²) in [5, 5.41) is 0. The molecule has 24 heavy (non-hydrogen) atoms. The highest BCUT2D eigenvalue weighted by atomic mass is 16.2. The maximum atomic E-state index is 13.2. The molecule has 3 fully saturated rings. The third-order valence-corrected chi connectivity index (χ3v) is 6.34. The van der Waals surface area contributed by atoms with Crippen LogP contribution in [0.15, 0.2) is 30.3 Å². The lowest BCUT2D eigenvalue weighted by atomic mass is 9.94. The molecular formula is C21H30N2O. The average molecular weight is 326 g/mol. The summed E-state index contributed by atoms with van der Waals surface area (Å²) in [5.41, 5.74) is 1.05. The lowest BCUT2D eigenvalue weighted by Crippen LogP contribution is -2.40. The minimum absolute atomic E-state index is 0.184. The molecule has 2 heterocycles. The Labute approximate surface area is 146 Å². The van der Waals surface area contributed by atoms with Crippen molar-refractivity contribution < 1.29 is 4.79 Å². The van der Waals surface area contributed by atoms with Crippen molar-refractivity contribution in [3.05, 3.63) is 35.9 Å². The van der Waals surface area contributed by atoms with Crippen molar-refractivity contribution >= 4 is 5.91 Å². The Balaban J connectivity index is 1.37. The lowest BCUT2D eigenvalue weighted by Gasteiger charge is -2.27. The maximum absolute atomic E-state index is 13.2. The van der Waals surface area contributed by atoms with Crippen molar-refractivity contribution in [1.82, 2.24) is 9.80 Å². The molecule has 0 N–H and O–H groups in total. The molecule has 1 aromatic carbocycles. The molecule has 1 unspecified atom stereocenters. The second kappa shape index (κ2) is 6.87. The molecule has 3 heteroatoms. The summed E-state index contributed by atoms with van der Waals surface area (Å²) in [5.74, 6) is 1.18. The molecule has 130 valence electrons. The van der Waals surface area contributed by atoms with Crippen LogP contribution in [0.3, 0.4) is 0 Å². The van der Waals surface area contributed by atoms with Crippen LogP contribution in [-0.2, 0) is 10.2 Å². The summed E-state index contributed by atoms with van der Waals surface area (Å²) < 4.78 is 0. The fourth-order valence-corrected chi connectivity index (χ4v) is 4.69. The number of amides is 1. The molecule has 1 amide bonds. The largest absolute Gasteiger partial charge is 0.342 e. The van der Waals surface area contributed by atoms with E-state index in [1.165, 1.54) is 57.3 Å². The van der Waals surface area contributed by atoms with E-state index in [0.29, 0.717) is 5.91 Å². The van der Waals surface area contributed by atoms with E-state index in [1.807, 2.05) is 6.07 Å². The molecule has 2 aliphatic heterocycles. The van der Waals surface area contributed by atoms with Crippen LogP contribution in [0, 0.1) is 5.92 Å². The van der Waals surface area contributed by atoms with E-state index in [0.717, 1.165) is 31.8 Å². The Morgan fingerprint density at radius 3 is 2.42 bits per heavy atom. The highest BCUT2D eigenvalue weighted by molar-refractivity contribution is 5.91. The first-order valence-electron chi connectivity index (χ1n) is 9.85. The summed E-state index contributed by atoms with van der Waals surface area (Å²) in [6.45, 7) is 5.76. The third-order valence-electron chi connectivity index (χ3n) is 6.34. The molecule has 3 aliphatic rings. The van der Waals surface area contributed by atoms with Crippen LogP contribution in [0.25, 0.3) is 0 Å². The van der Waals surface area contributed by atoms with Gasteiger partial charge in [0.05, 0.1) is 5.41 Å². The van der Waals surface area contributed by atoms with Gasteiger partial charge in [-0.15, -0.1) is 0 Å². The first-order chi connectivity index (χ1) is 11.8. The van der Waals surface area contributed by atoms with E-state index >= 15 is 0 Å². The van der Waals surface area contributed by atoms with Gasteiger partial charge in [-0.05, 0) is 69.5 Å². The molecule has 1 aliphatic carbocycles. The van der Waals surface area contributed by atoms with Gasteiger partial charge in [0, 0.05) is 19.6 Å². The number of rotatable bonds is 4. The standard InChI is InChI=1S/C21H30N2O/c24-20(21(11-12-21)19-8-2-1-3-9-19)23-15-6-7-18(10-16-23)17-22-13-4-5-14-22/h1-3,8-9,18H,4-7,10-17H2. The van der Waals surface area contributed by atoms with E-state index < -0.39 is 0 Å². The average Bonchev–Trinajstić information content (AvgIpc) is 3.33. The Morgan fingerprint density at radius 1 is 0.958 bits per heavy atom. The fraction of sp³-hybridized carbons (Fsp3) is 0.667. The SMILES string of the molecule is O=C(N1CCCC(CN2CCCC2)CC1)C1(c2ccccc2)CC1. The van der Waals surface area contributed by atoms with Gasteiger partial charge in [-0.25, -0.2) is 0 Å². The smallest absolute Gasteiger partial charge is 0.233 e. The number of benzene rings is 1. The summed E-state index contributed by atoms with van der Waals surface area (Å²) in [6, 6.07) is 10.4. The van der Waals surface area contributed by atoms with Crippen molar-refractivity contribution in [2.45, 2.75) is 50.4 Å². The first-order valence-corrected chi connectivity index (χ1v) is 9.85. The Hall–Kier alpha value is -1.35. The van der Waals surface area contributed by atoms with Crippen LogP contribution in [-0.4, -0.2) is 48.4 Å². The van der Waals surface area contributed by atoms with E-state index in [-0.39, 0.29) is 5.41 Å². The Kier molecular flexibility index (Phi) is 4.62. The van der Waals surface area contributed by atoms with Gasteiger partial charge >= 0.3 is 0 Å². The number of hydrogen-bond acceptors (Lipinski definition) is 2. The molecule has 0 spiro atoms. The van der Waals surface area contributed by atoms with Gasteiger partial charge in [-0.1, -0.05) is 30.3 Å². The number of carbonyl (C=O) groups excluding carboxylic acids is 1. The van der Waals surface area contributed by atoms with Crippen molar-refractivity contribution in [3.8, 4) is 0 Å². The van der Waals surface area contributed by atoms with E-state index in [1.54, 1.807) is 0 Å². The van der Waals surface area contributed by atoms with Gasteiger partial charge in [-0.3, -0.25) is 4.79 Å². The molecule has 0 aromatic heterocycles. The van der Waals surface area contributed by atoms with Gasteiger partial charge in [0.1, 0.15) is 0 Å². The van der Waals surface area contributed by atoms with Crippen molar-refractivity contribution in [2.24, 2.45) is 5.92 Å². The third kappa shape index (κ3) is 3.23. The zero-order chi connectivity index (χ0) is 16.4. The minimum Gasteiger partial charge on any atom is -0.342 e. The zero-order valence-corrected chi connectivity index (χ0v) is 14.8. The summed E-state index contributed by atoms with van der Waals surface area (Å²) >= 11 is 0. The van der Waals surface area contributed by atoms with Crippen LogP contribution in [0.1, 0.15) is 50.5 Å². The molecule has 0 radical (unpaired) electrons. The fourth-order valence-electron chi connectivity index (χ4n) is 4.69. The molecule has 1 saturated carbocycles. The molecule has 2 saturated heterocycles. The van der Waals surface area contributed by atoms with Crippen LogP contribution >= 0.6 is 0 Å². The highest BCUT2D eigenvalue weighted by Crippen LogP contribution is 2.49. The summed E-state index contributed by atoms with van der Waals surface area (Å²) in [7, 11) is 0. The predicted octanol–water partition coefficient (Wildman–Crippen LogP) is 3.44. The second-order valence-electron chi connectivity index (χ2n) is 8.04. The number of likely N-dealkylation sites (tertiary alicyclic amines) is 2. The van der Waals surface area contributed by atoms with E-state index in [2.05, 4.69) is 34.1 Å². The topological polar surface area (TPSA) is 23.6 Å². The molecule has 0 bridgehead atoms. The van der Waals surface area contributed by atoms with Crippen LogP contribution in [0.5, 0.6) is 0 Å². The normalized spacial score (nSPS) is 27.0. The number of nitrogens with zero attached hydrogens (tertiary/aromatic N) is 2. The first kappa shape index (κ1) is 16.1. The predicted molar refractivity (Wildman–Crippen MR) is 96.9 cm³/mol. The summed E-state index contributed by atoms with van der Waals surface area (Å²) in [4.78, 5) is 18.0. The molecular weight excluding hydrogens is 296 g/mol. The van der Waals surface area contributed by atoms with E-state index in [9.17, 15) is 4.79 Å². The second-order valence-corrected chi connectivity index (χ2v) is 8.04. The van der Waals surface area contributed by atoms with Crippen molar-refractivity contribution in [3.63, 3.8) is 0 Å². The quantitative estimate of drug-likeness (QED) is 0.846. The lowest BCUT2D eigenvalue weighted by molar-refractivity contribution is -0.134. The maximum Gasteiger partial charge on any atom is 0.233 e. The van der Waals surface area contributed by atoms with Gasteiger partial charge in [0.15, 0.2) is 0 Å². The van der Waals surface area contributed by atoms with Crippen molar-refractivity contribution in [2.75, 3.05) is 32.7 Å². The van der Waals surface area contributed by atoms with Crippen LogP contribution in [0.4, 0.5) is 0 Å². The molecule has 3 nitrogen and oxygen atoms in total. The Morgan fingerprint density at radius 2 is 1.71 bits per heavy atom. The molecule has 1 atom stereocenters. The minimum atomic E-state index is -0.184. The Bertz CT molecular complexity index is 560. The van der Waals surface area contributed by atoms with Gasteiger partial charge in [0.25, 0.3) is 0 Å². The van der Waals surface area contributed by atoms with Gasteiger partial charge in [0.2, 0.25) is 5.91 Å². The zero-order valence-electron chi connectivity index (χ0n) is 14.8. The summed E-state index contributed by atoms with van der Waals surface area (Å²) in [6.07, 6.45) is 8.46. The molecule has 4 rings (SSSR count). The van der Waals surface area contributed by atoms with Gasteiger partial charge in [-0.2, -0.15) is 0 Å². The number of carbonyl (C=O) groups is 1. The van der Waals surface area contributed by atoms with Crippen LogP contribution in [0.2, 0.25) is 0 Å². The van der Waals surface area contributed by atoms with Gasteiger partial charge < -0.3 is 9.80 Å².